The molecule has 0 saturated heterocycles. The highest BCUT2D eigenvalue weighted by atomic mass is 16.7. The summed E-state index contributed by atoms with van der Waals surface area (Å²) in [5, 5.41) is 0. The number of ether oxygens (including phenoxy) is 6. The summed E-state index contributed by atoms with van der Waals surface area (Å²) < 4.78 is 36.9. The molecule has 9 nitrogen and oxygen atoms in total. The van der Waals surface area contributed by atoms with Gasteiger partial charge in [-0.15, -0.1) is 0 Å². The van der Waals surface area contributed by atoms with Gasteiger partial charge in [-0.2, -0.15) is 0 Å². The predicted molar refractivity (Wildman–Crippen MR) is 175 cm³/mol. The van der Waals surface area contributed by atoms with Crippen LogP contribution in [0.4, 0.5) is 0 Å². The third kappa shape index (κ3) is 5.19. The van der Waals surface area contributed by atoms with E-state index in [1.807, 2.05) is 35.2 Å². The molecule has 4 aromatic carbocycles. The van der Waals surface area contributed by atoms with Gasteiger partial charge in [0.15, 0.2) is 34.5 Å². The number of amides is 1. The molecule has 2 atom stereocenters. The van der Waals surface area contributed by atoms with Crippen molar-refractivity contribution in [2.45, 2.75) is 44.7 Å². The van der Waals surface area contributed by atoms with Gasteiger partial charge in [0.1, 0.15) is 5.75 Å². The van der Waals surface area contributed by atoms with E-state index in [0.717, 1.165) is 47.2 Å². The van der Waals surface area contributed by atoms with Gasteiger partial charge in [-0.3, -0.25) is 9.69 Å². The van der Waals surface area contributed by atoms with Crippen molar-refractivity contribution in [1.82, 2.24) is 9.80 Å². The molecule has 0 aliphatic carbocycles. The molecule has 4 aromatic rings. The predicted octanol–water partition coefficient (Wildman–Crippen LogP) is 6.79. The first-order valence-corrected chi connectivity index (χ1v) is 16.2. The van der Waals surface area contributed by atoms with Gasteiger partial charge in [0, 0.05) is 31.6 Å². The number of rotatable bonds is 2. The number of hydrogen-bond acceptors (Lipinski definition) is 8. The van der Waals surface area contributed by atoms with Crippen LogP contribution < -0.4 is 28.4 Å². The zero-order valence-corrected chi connectivity index (χ0v) is 27.1. The molecule has 0 radical (unpaired) electrons. The van der Waals surface area contributed by atoms with Crippen LogP contribution in [0.5, 0.6) is 46.0 Å². The number of fused-ring (bicyclic) bond motifs is 3. The van der Waals surface area contributed by atoms with Crippen molar-refractivity contribution in [3.05, 3.63) is 94.0 Å². The Hall–Kier alpha value is -4.89. The molecule has 0 fully saturated rings. The largest absolute Gasteiger partial charge is 0.493 e. The topological polar surface area (TPSA) is 78.9 Å². The van der Waals surface area contributed by atoms with Crippen molar-refractivity contribution in [3.8, 4) is 46.0 Å². The molecule has 9 rings (SSSR count). The lowest BCUT2D eigenvalue weighted by Gasteiger charge is -2.37. The average Bonchev–Trinajstić information content (AvgIpc) is 3.55. The number of nitrogens with zero attached hydrogens (tertiary/aromatic N) is 2. The molecule has 0 N–H and O–H groups in total. The Labute approximate surface area is 274 Å². The Bertz CT molecular complexity index is 1870. The smallest absolute Gasteiger partial charge is 0.231 e. The lowest BCUT2D eigenvalue weighted by molar-refractivity contribution is -0.131. The number of carbonyl (C=O) groups excluding carboxylic acids is 1. The van der Waals surface area contributed by atoms with Crippen molar-refractivity contribution < 1.29 is 33.2 Å². The summed E-state index contributed by atoms with van der Waals surface area (Å²) in [6.45, 7) is 3.33. The van der Waals surface area contributed by atoms with Gasteiger partial charge in [-0.1, -0.05) is 18.2 Å². The van der Waals surface area contributed by atoms with E-state index in [0.29, 0.717) is 65.4 Å². The van der Waals surface area contributed by atoms with Gasteiger partial charge in [0.05, 0.1) is 20.3 Å². The Morgan fingerprint density at radius 1 is 0.745 bits per heavy atom. The SMILES string of the molecule is COc1ccc2cc1Oc1cc3c(cc1OC)CCN(C(C)=O)[C@H]3Cc1ccc(cc1)Oc1c3c(cc4c1[C@@H](C2)N(C)CC4)OCO3. The maximum absolute atomic E-state index is 12.9. The molecular formula is C38H38N2O7. The van der Waals surface area contributed by atoms with Crippen molar-refractivity contribution in [3.63, 3.8) is 0 Å². The summed E-state index contributed by atoms with van der Waals surface area (Å²) in [5.41, 5.74) is 6.67. The number of methoxy groups -OCH3 is 2. The van der Waals surface area contributed by atoms with Gasteiger partial charge >= 0.3 is 0 Å². The molecule has 47 heavy (non-hydrogen) atoms. The van der Waals surface area contributed by atoms with Gasteiger partial charge in [-0.05, 0) is 103 Å². The number of carbonyl (C=O) groups is 1. The molecule has 6 bridgehead atoms. The summed E-state index contributed by atoms with van der Waals surface area (Å²) in [7, 11) is 5.46. The molecule has 0 aromatic heterocycles. The van der Waals surface area contributed by atoms with E-state index in [2.05, 4.69) is 42.3 Å². The van der Waals surface area contributed by atoms with E-state index in [9.17, 15) is 4.79 Å². The standard InChI is InChI=1S/C38H38N2O7/c1-22(41)40-14-12-25-18-32(43-4)34-20-28(25)29(40)15-23-5-8-27(9-6-23)46-38-36-26(19-35-37(38)45-21-44-35)11-13-39(2)30(36)16-24-7-10-31(42-3)33(17-24)47-34/h5-10,17-20,29-30H,11-16,21H2,1-4H3/t29-,30+/m0/s1. The minimum absolute atomic E-state index is 0.0132. The van der Waals surface area contributed by atoms with Crippen molar-refractivity contribution in [2.24, 2.45) is 0 Å². The Morgan fingerprint density at radius 2 is 1.49 bits per heavy atom. The first kappa shape index (κ1) is 29.5. The molecule has 5 heterocycles. The molecule has 9 heteroatoms. The van der Waals surface area contributed by atoms with Crippen LogP contribution in [0, 0.1) is 0 Å². The van der Waals surface area contributed by atoms with Crippen LogP contribution in [0.2, 0.25) is 0 Å². The summed E-state index contributed by atoms with van der Waals surface area (Å²) in [6.07, 6.45) is 2.95. The van der Waals surface area contributed by atoms with Crippen LogP contribution in [0.3, 0.4) is 0 Å². The molecule has 0 saturated carbocycles. The summed E-state index contributed by atoms with van der Waals surface area (Å²) >= 11 is 0. The minimum Gasteiger partial charge on any atom is -0.493 e. The van der Waals surface area contributed by atoms with Crippen molar-refractivity contribution in [1.29, 1.82) is 0 Å². The normalized spacial score (nSPS) is 19.5. The Morgan fingerprint density at radius 3 is 2.28 bits per heavy atom. The molecule has 5 aliphatic heterocycles. The van der Waals surface area contributed by atoms with E-state index in [-0.39, 0.29) is 24.8 Å². The van der Waals surface area contributed by atoms with Crippen molar-refractivity contribution >= 4 is 5.91 Å². The number of hydrogen-bond donors (Lipinski definition) is 0. The summed E-state index contributed by atoms with van der Waals surface area (Å²) in [5.74, 6) is 5.25. The van der Waals surface area contributed by atoms with Crippen LogP contribution in [-0.2, 0) is 30.5 Å². The lowest BCUT2D eigenvalue weighted by Crippen LogP contribution is -2.39. The zero-order chi connectivity index (χ0) is 32.2. The molecule has 1 amide bonds. The van der Waals surface area contributed by atoms with Crippen LogP contribution >= 0.6 is 0 Å². The number of benzene rings is 4. The highest BCUT2D eigenvalue weighted by Gasteiger charge is 2.36. The van der Waals surface area contributed by atoms with E-state index in [4.69, 9.17) is 28.4 Å². The van der Waals surface area contributed by atoms with E-state index in [1.54, 1.807) is 21.1 Å². The fourth-order valence-corrected chi connectivity index (χ4v) is 7.53. The van der Waals surface area contributed by atoms with Gasteiger partial charge in [-0.25, -0.2) is 0 Å². The fraction of sp³-hybridized carbons (Fsp3) is 0.342. The van der Waals surface area contributed by atoms with E-state index < -0.39 is 0 Å². The first-order chi connectivity index (χ1) is 22.9. The van der Waals surface area contributed by atoms with Crippen molar-refractivity contribution in [2.75, 3.05) is 41.1 Å². The fourth-order valence-electron chi connectivity index (χ4n) is 7.53. The molecule has 5 aliphatic rings. The minimum atomic E-state index is -0.172. The molecule has 242 valence electrons. The van der Waals surface area contributed by atoms with Gasteiger partial charge in [0.25, 0.3) is 0 Å². The molecule has 0 unspecified atom stereocenters. The second kappa shape index (κ2) is 11.7. The Kier molecular flexibility index (Phi) is 7.36. The molecule has 0 spiro atoms. The first-order valence-electron chi connectivity index (χ1n) is 16.2. The second-order valence-electron chi connectivity index (χ2n) is 12.7. The number of likely N-dealkylation sites (N-methyl/N-ethyl adjacent to an activating group) is 1. The maximum Gasteiger partial charge on any atom is 0.231 e. The monoisotopic (exact) mass is 634 g/mol. The zero-order valence-electron chi connectivity index (χ0n) is 27.1. The van der Waals surface area contributed by atoms with Crippen LogP contribution in [0.25, 0.3) is 0 Å². The van der Waals surface area contributed by atoms with Crippen LogP contribution in [-0.4, -0.2) is 56.9 Å². The van der Waals surface area contributed by atoms with Gasteiger partial charge in [0.2, 0.25) is 18.4 Å². The Balaban J connectivity index is 1.32. The highest BCUT2D eigenvalue weighted by Crippen LogP contribution is 2.52. The highest BCUT2D eigenvalue weighted by molar-refractivity contribution is 5.74. The van der Waals surface area contributed by atoms with Crippen LogP contribution in [0.15, 0.2) is 60.7 Å². The lowest BCUT2D eigenvalue weighted by atomic mass is 9.87. The van der Waals surface area contributed by atoms with E-state index >= 15 is 0 Å². The summed E-state index contributed by atoms with van der Waals surface area (Å²) in [6, 6.07) is 20.3. The summed E-state index contributed by atoms with van der Waals surface area (Å²) in [4.78, 5) is 17.3. The van der Waals surface area contributed by atoms with E-state index in [1.165, 1.54) is 5.56 Å². The molecular weight excluding hydrogens is 596 g/mol. The third-order valence-electron chi connectivity index (χ3n) is 9.98. The van der Waals surface area contributed by atoms with Gasteiger partial charge < -0.3 is 33.3 Å². The second-order valence-corrected chi connectivity index (χ2v) is 12.7. The maximum atomic E-state index is 12.9. The van der Waals surface area contributed by atoms with Crippen LogP contribution in [0.1, 0.15) is 52.4 Å². The quantitative estimate of drug-likeness (QED) is 0.239. The third-order valence-corrected chi connectivity index (χ3v) is 9.98. The average molecular weight is 635 g/mol.